The molecule has 3 aromatic rings. The van der Waals surface area contributed by atoms with Crippen LogP contribution in [0.4, 0.5) is 11.4 Å². The quantitative estimate of drug-likeness (QED) is 0.429. The molecule has 0 aromatic heterocycles. The lowest BCUT2D eigenvalue weighted by Gasteiger charge is -2.27. The molecule has 0 aliphatic carbocycles. The highest BCUT2D eigenvalue weighted by Crippen LogP contribution is 2.43. The Morgan fingerprint density at radius 3 is 2.71 bits per heavy atom. The molecule has 6 heteroatoms. The second-order valence-electron chi connectivity index (χ2n) is 7.40. The monoisotopic (exact) mass is 494 g/mol. The molecule has 1 heterocycles. The molecule has 1 saturated heterocycles. The van der Waals surface area contributed by atoms with Crippen LogP contribution in [0.3, 0.4) is 0 Å². The van der Waals surface area contributed by atoms with E-state index in [1.165, 1.54) is 5.56 Å². The number of nitrogens with one attached hydrogen (secondary N) is 1. The van der Waals surface area contributed by atoms with Crippen molar-refractivity contribution in [2.45, 2.75) is 25.1 Å². The van der Waals surface area contributed by atoms with E-state index in [-0.39, 0.29) is 17.2 Å². The van der Waals surface area contributed by atoms with Crippen LogP contribution in [0.1, 0.15) is 40.2 Å². The normalized spacial score (nSPS) is 15.9. The number of halogens is 1. The molecule has 1 aliphatic rings. The minimum Gasteiger partial charge on any atom is -0.322 e. The predicted molar refractivity (Wildman–Crippen MR) is 132 cm³/mol. The van der Waals surface area contributed by atoms with Gasteiger partial charge in [0.05, 0.1) is 5.75 Å². The Bertz CT molecular complexity index is 1120. The van der Waals surface area contributed by atoms with Gasteiger partial charge in [0.1, 0.15) is 5.37 Å². The standard InChI is InChI=1S/C25H23BrN2O2S/c1-2-7-17-8-3-4-13-22(17)28-23(29)16-31-25(28)19-10-6-12-21(15-19)27-24(30)18-9-5-11-20(26)14-18/h3-6,8-15,25H,2,7,16H2,1H3,(H,27,30)/t25-/m1/s1. The average molecular weight is 495 g/mol. The van der Waals surface area contributed by atoms with Crippen LogP contribution in [0.5, 0.6) is 0 Å². The van der Waals surface area contributed by atoms with Crippen molar-refractivity contribution in [3.8, 4) is 0 Å². The molecule has 31 heavy (non-hydrogen) atoms. The van der Waals surface area contributed by atoms with Gasteiger partial charge in [-0.1, -0.05) is 65.7 Å². The summed E-state index contributed by atoms with van der Waals surface area (Å²) >= 11 is 5.02. The fourth-order valence-electron chi connectivity index (χ4n) is 3.76. The van der Waals surface area contributed by atoms with Crippen molar-refractivity contribution in [1.82, 2.24) is 0 Å². The number of rotatable bonds is 6. The van der Waals surface area contributed by atoms with Crippen molar-refractivity contribution >= 4 is 50.9 Å². The highest BCUT2D eigenvalue weighted by atomic mass is 79.9. The largest absolute Gasteiger partial charge is 0.322 e. The van der Waals surface area contributed by atoms with E-state index in [0.717, 1.165) is 28.6 Å². The molecule has 1 aliphatic heterocycles. The third-order valence-electron chi connectivity index (χ3n) is 5.15. The van der Waals surface area contributed by atoms with Gasteiger partial charge in [-0.3, -0.25) is 14.5 Å². The van der Waals surface area contributed by atoms with Gasteiger partial charge in [0, 0.05) is 21.4 Å². The van der Waals surface area contributed by atoms with E-state index in [0.29, 0.717) is 17.0 Å². The molecule has 4 nitrogen and oxygen atoms in total. The first-order valence-electron chi connectivity index (χ1n) is 10.2. The average Bonchev–Trinajstić information content (AvgIpc) is 3.16. The summed E-state index contributed by atoms with van der Waals surface area (Å²) in [6, 6.07) is 23.2. The summed E-state index contributed by atoms with van der Waals surface area (Å²) in [5.74, 6) is 0.389. The van der Waals surface area contributed by atoms with E-state index in [1.54, 1.807) is 23.9 Å². The fraction of sp³-hybridized carbons (Fsp3) is 0.200. The van der Waals surface area contributed by atoms with Gasteiger partial charge in [-0.2, -0.15) is 0 Å². The van der Waals surface area contributed by atoms with Crippen LogP contribution in [0, 0.1) is 0 Å². The zero-order valence-electron chi connectivity index (χ0n) is 17.2. The molecule has 2 amide bonds. The van der Waals surface area contributed by atoms with E-state index in [2.05, 4.69) is 34.2 Å². The number of para-hydroxylation sites is 1. The fourth-order valence-corrected chi connectivity index (χ4v) is 5.32. The SMILES string of the molecule is CCCc1ccccc1N1C(=O)CS[C@@H]1c1cccc(NC(=O)c2cccc(Br)c2)c1. The topological polar surface area (TPSA) is 49.4 Å². The molecule has 4 rings (SSSR count). The summed E-state index contributed by atoms with van der Waals surface area (Å²) < 4.78 is 0.858. The van der Waals surface area contributed by atoms with Gasteiger partial charge in [0.15, 0.2) is 0 Å². The zero-order chi connectivity index (χ0) is 21.8. The maximum atomic E-state index is 12.8. The lowest BCUT2D eigenvalue weighted by Crippen LogP contribution is -2.28. The molecule has 0 radical (unpaired) electrons. The van der Waals surface area contributed by atoms with E-state index in [1.807, 2.05) is 59.5 Å². The molecule has 1 atom stereocenters. The molecule has 0 saturated carbocycles. The summed E-state index contributed by atoms with van der Waals surface area (Å²) in [5, 5.41) is 2.86. The minimum atomic E-state index is -0.168. The smallest absolute Gasteiger partial charge is 0.255 e. The van der Waals surface area contributed by atoms with Crippen molar-refractivity contribution in [2.24, 2.45) is 0 Å². The lowest BCUT2D eigenvalue weighted by atomic mass is 10.1. The number of nitrogens with zero attached hydrogens (tertiary/aromatic N) is 1. The van der Waals surface area contributed by atoms with Crippen LogP contribution in [0.25, 0.3) is 0 Å². The molecular formula is C25H23BrN2O2S. The van der Waals surface area contributed by atoms with Crippen LogP contribution in [-0.4, -0.2) is 17.6 Å². The van der Waals surface area contributed by atoms with E-state index >= 15 is 0 Å². The molecule has 1 fully saturated rings. The van der Waals surface area contributed by atoms with Gasteiger partial charge < -0.3 is 5.32 Å². The molecule has 0 unspecified atom stereocenters. The maximum absolute atomic E-state index is 12.8. The first-order valence-corrected chi connectivity index (χ1v) is 12.1. The summed E-state index contributed by atoms with van der Waals surface area (Å²) in [6.45, 7) is 2.15. The van der Waals surface area contributed by atoms with E-state index in [9.17, 15) is 9.59 Å². The van der Waals surface area contributed by atoms with Gasteiger partial charge in [-0.25, -0.2) is 0 Å². The van der Waals surface area contributed by atoms with Gasteiger partial charge in [-0.05, 0) is 53.9 Å². The zero-order valence-corrected chi connectivity index (χ0v) is 19.6. The number of carbonyl (C=O) groups is 2. The highest BCUT2D eigenvalue weighted by molar-refractivity contribution is 9.10. The summed E-state index contributed by atoms with van der Waals surface area (Å²) in [5.41, 5.74) is 4.46. The van der Waals surface area contributed by atoms with Crippen molar-refractivity contribution in [3.63, 3.8) is 0 Å². The summed E-state index contributed by atoms with van der Waals surface area (Å²) in [4.78, 5) is 27.4. The van der Waals surface area contributed by atoms with E-state index in [4.69, 9.17) is 0 Å². The Kier molecular flexibility index (Phi) is 6.78. The number of amides is 2. The molecule has 3 aromatic carbocycles. The third-order valence-corrected chi connectivity index (χ3v) is 6.86. The van der Waals surface area contributed by atoms with Crippen LogP contribution in [-0.2, 0) is 11.2 Å². The summed E-state index contributed by atoms with van der Waals surface area (Å²) in [7, 11) is 0. The van der Waals surface area contributed by atoms with Crippen LogP contribution in [0.15, 0.2) is 77.3 Å². The van der Waals surface area contributed by atoms with Gasteiger partial charge >= 0.3 is 0 Å². The van der Waals surface area contributed by atoms with Crippen LogP contribution >= 0.6 is 27.7 Å². The number of hydrogen-bond acceptors (Lipinski definition) is 3. The first kappa shape index (κ1) is 21.7. The van der Waals surface area contributed by atoms with Crippen LogP contribution < -0.4 is 10.2 Å². The van der Waals surface area contributed by atoms with Crippen molar-refractivity contribution in [1.29, 1.82) is 0 Å². The Morgan fingerprint density at radius 1 is 1.10 bits per heavy atom. The molecule has 158 valence electrons. The lowest BCUT2D eigenvalue weighted by molar-refractivity contribution is -0.115. The Hall–Kier alpha value is -2.57. The first-order chi connectivity index (χ1) is 15.1. The molecule has 0 bridgehead atoms. The Labute approximate surface area is 195 Å². The highest BCUT2D eigenvalue weighted by Gasteiger charge is 2.35. The number of carbonyl (C=O) groups excluding carboxylic acids is 2. The predicted octanol–water partition coefficient (Wildman–Crippen LogP) is 6.43. The summed E-state index contributed by atoms with van der Waals surface area (Å²) in [6.07, 6.45) is 1.95. The number of hydrogen-bond donors (Lipinski definition) is 1. The van der Waals surface area contributed by atoms with Gasteiger partial charge in [-0.15, -0.1) is 11.8 Å². The molecule has 0 spiro atoms. The van der Waals surface area contributed by atoms with Crippen LogP contribution in [0.2, 0.25) is 0 Å². The Balaban J connectivity index is 1.61. The number of benzene rings is 3. The van der Waals surface area contributed by atoms with Gasteiger partial charge in [0.25, 0.3) is 5.91 Å². The number of anilines is 2. The van der Waals surface area contributed by atoms with Crippen molar-refractivity contribution < 1.29 is 9.59 Å². The number of thioether (sulfide) groups is 1. The third kappa shape index (κ3) is 4.86. The molecule has 1 N–H and O–H groups in total. The minimum absolute atomic E-state index is 0.113. The maximum Gasteiger partial charge on any atom is 0.255 e. The Morgan fingerprint density at radius 2 is 1.90 bits per heavy atom. The van der Waals surface area contributed by atoms with Crippen molar-refractivity contribution in [2.75, 3.05) is 16.0 Å². The molecular weight excluding hydrogens is 472 g/mol. The second-order valence-corrected chi connectivity index (χ2v) is 9.38. The number of aryl methyl sites for hydroxylation is 1. The second kappa shape index (κ2) is 9.71. The van der Waals surface area contributed by atoms with E-state index < -0.39 is 0 Å². The van der Waals surface area contributed by atoms with Crippen molar-refractivity contribution in [3.05, 3.63) is 94.0 Å². The van der Waals surface area contributed by atoms with Gasteiger partial charge in [0.2, 0.25) is 5.91 Å².